The van der Waals surface area contributed by atoms with E-state index in [1.54, 1.807) is 54.6 Å². The van der Waals surface area contributed by atoms with Crippen LogP contribution in [0.4, 0.5) is 5.69 Å². The fourth-order valence-electron chi connectivity index (χ4n) is 3.03. The molecule has 1 N–H and O–H groups in total. The van der Waals surface area contributed by atoms with Gasteiger partial charge >= 0.3 is 0 Å². The quantitative estimate of drug-likeness (QED) is 0.687. The number of sulfonamides is 1. The van der Waals surface area contributed by atoms with Gasteiger partial charge in [0.2, 0.25) is 15.8 Å². The highest BCUT2D eigenvalue weighted by molar-refractivity contribution is 7.89. The molecule has 0 saturated carbocycles. The molecule has 8 heteroatoms. The molecule has 1 aromatic heterocycles. The molecule has 0 aliphatic carbocycles. The number of rotatable bonds is 2. The van der Waals surface area contributed by atoms with Crippen molar-refractivity contribution in [3.8, 4) is 0 Å². The molecule has 0 fully saturated rings. The summed E-state index contributed by atoms with van der Waals surface area (Å²) in [4.78, 5) is 25.7. The van der Waals surface area contributed by atoms with E-state index < -0.39 is 27.8 Å². The lowest BCUT2D eigenvalue weighted by Gasteiger charge is -2.29. The molecular formula is C18H14N2O4S2. The lowest BCUT2D eigenvalue weighted by molar-refractivity contribution is -0.118. The molecule has 1 amide bonds. The minimum Gasteiger partial charge on any atom is -0.324 e. The molecular weight excluding hydrogens is 372 g/mol. The van der Waals surface area contributed by atoms with Crippen LogP contribution in [-0.4, -0.2) is 37.5 Å². The number of Topliss-reactive ketones (excluding diaryl/α,β-unsaturated/α-hetero) is 1. The first-order chi connectivity index (χ1) is 12.4. The second-order valence-electron chi connectivity index (χ2n) is 5.90. The first-order valence-electron chi connectivity index (χ1n) is 7.81. The third kappa shape index (κ3) is 2.45. The van der Waals surface area contributed by atoms with Crippen LogP contribution in [0.5, 0.6) is 0 Å². The van der Waals surface area contributed by atoms with Gasteiger partial charge in [0.1, 0.15) is 4.90 Å². The SMILES string of the molecule is CN1C(C(=O)Nc2ccccc2)C(=O)c2sc3ccccc3c2S1(=O)=O. The van der Waals surface area contributed by atoms with E-state index in [1.165, 1.54) is 7.05 Å². The fourth-order valence-corrected chi connectivity index (χ4v) is 6.14. The third-order valence-electron chi connectivity index (χ3n) is 4.31. The van der Waals surface area contributed by atoms with Gasteiger partial charge in [0.25, 0.3) is 5.91 Å². The largest absolute Gasteiger partial charge is 0.324 e. The van der Waals surface area contributed by atoms with Crippen LogP contribution in [0.3, 0.4) is 0 Å². The van der Waals surface area contributed by atoms with E-state index in [9.17, 15) is 18.0 Å². The molecule has 4 rings (SSSR count). The Hall–Kier alpha value is -2.55. The molecule has 0 spiro atoms. The van der Waals surface area contributed by atoms with Crippen molar-refractivity contribution in [1.82, 2.24) is 4.31 Å². The van der Waals surface area contributed by atoms with Crippen LogP contribution < -0.4 is 5.32 Å². The molecule has 1 unspecified atom stereocenters. The lowest BCUT2D eigenvalue weighted by atomic mass is 10.1. The number of carbonyl (C=O) groups is 2. The van der Waals surface area contributed by atoms with Gasteiger partial charge < -0.3 is 5.32 Å². The molecule has 0 radical (unpaired) electrons. The molecule has 1 aliphatic rings. The summed E-state index contributed by atoms with van der Waals surface area (Å²) in [5.41, 5.74) is 0.498. The summed E-state index contributed by atoms with van der Waals surface area (Å²) in [6.45, 7) is 0. The van der Waals surface area contributed by atoms with E-state index in [-0.39, 0.29) is 9.77 Å². The van der Waals surface area contributed by atoms with Gasteiger partial charge in [0.15, 0.2) is 6.04 Å². The maximum Gasteiger partial charge on any atom is 0.250 e. The zero-order chi connectivity index (χ0) is 18.5. The Labute approximate surface area is 154 Å². The Morgan fingerprint density at radius 3 is 2.46 bits per heavy atom. The van der Waals surface area contributed by atoms with E-state index >= 15 is 0 Å². The second-order valence-corrected chi connectivity index (χ2v) is 8.89. The zero-order valence-corrected chi connectivity index (χ0v) is 15.3. The van der Waals surface area contributed by atoms with E-state index in [4.69, 9.17) is 0 Å². The van der Waals surface area contributed by atoms with Crippen molar-refractivity contribution in [3.05, 3.63) is 59.5 Å². The molecule has 0 bridgehead atoms. The van der Waals surface area contributed by atoms with E-state index in [2.05, 4.69) is 5.32 Å². The Balaban J connectivity index is 1.82. The summed E-state index contributed by atoms with van der Waals surface area (Å²) < 4.78 is 27.5. The number of likely N-dealkylation sites (N-methyl/N-ethyl adjacent to an activating group) is 1. The van der Waals surface area contributed by atoms with Gasteiger partial charge in [-0.05, 0) is 18.2 Å². The summed E-state index contributed by atoms with van der Waals surface area (Å²) in [5, 5.41) is 3.12. The van der Waals surface area contributed by atoms with Crippen LogP contribution in [0.2, 0.25) is 0 Å². The zero-order valence-electron chi connectivity index (χ0n) is 13.7. The van der Waals surface area contributed by atoms with Gasteiger partial charge in [-0.3, -0.25) is 9.59 Å². The van der Waals surface area contributed by atoms with E-state index in [1.807, 2.05) is 0 Å². The van der Waals surface area contributed by atoms with Gasteiger partial charge in [-0.25, -0.2) is 8.42 Å². The third-order valence-corrected chi connectivity index (χ3v) is 7.54. The number of para-hydroxylation sites is 1. The second kappa shape index (κ2) is 6.01. The molecule has 26 heavy (non-hydrogen) atoms. The van der Waals surface area contributed by atoms with Crippen LogP contribution in [0.15, 0.2) is 59.5 Å². The first-order valence-corrected chi connectivity index (χ1v) is 10.1. The molecule has 6 nitrogen and oxygen atoms in total. The molecule has 3 aromatic rings. The van der Waals surface area contributed by atoms with Crippen molar-refractivity contribution in [3.63, 3.8) is 0 Å². The van der Waals surface area contributed by atoms with Crippen molar-refractivity contribution in [2.75, 3.05) is 12.4 Å². The highest BCUT2D eigenvalue weighted by Crippen LogP contribution is 2.40. The molecule has 132 valence electrons. The topological polar surface area (TPSA) is 83.6 Å². The first kappa shape index (κ1) is 16.9. The smallest absolute Gasteiger partial charge is 0.250 e. The van der Waals surface area contributed by atoms with Crippen LogP contribution in [0.25, 0.3) is 10.1 Å². The van der Waals surface area contributed by atoms with Crippen LogP contribution >= 0.6 is 11.3 Å². The molecule has 2 heterocycles. The highest BCUT2D eigenvalue weighted by Gasteiger charge is 2.47. The molecule has 1 atom stereocenters. The summed E-state index contributed by atoms with van der Waals surface area (Å²) in [7, 11) is -2.70. The standard InChI is InChI=1S/C18H14N2O4S2/c1-20-14(18(22)19-11-7-3-2-4-8-11)15(21)16-17(26(20,23)24)12-9-5-6-10-13(12)25-16/h2-10,14H,1H3,(H,19,22). The number of fused-ring (bicyclic) bond motifs is 3. The number of benzene rings is 2. The minimum absolute atomic E-state index is 0.00522. The van der Waals surface area contributed by atoms with Crippen LogP contribution in [0.1, 0.15) is 9.67 Å². The normalized spacial score (nSPS) is 19.3. The summed E-state index contributed by atoms with van der Waals surface area (Å²) in [6.07, 6.45) is 0. The van der Waals surface area contributed by atoms with Gasteiger partial charge in [0, 0.05) is 22.8 Å². The van der Waals surface area contributed by atoms with E-state index in [0.717, 1.165) is 15.6 Å². The van der Waals surface area contributed by atoms with Gasteiger partial charge in [-0.15, -0.1) is 11.3 Å². The molecule has 0 saturated heterocycles. The average molecular weight is 386 g/mol. The predicted molar refractivity (Wildman–Crippen MR) is 100.0 cm³/mol. The number of ketones is 1. The van der Waals surface area contributed by atoms with Crippen LogP contribution in [-0.2, 0) is 14.8 Å². The summed E-state index contributed by atoms with van der Waals surface area (Å²) in [6, 6.07) is 14.1. The van der Waals surface area contributed by atoms with Crippen molar-refractivity contribution in [2.24, 2.45) is 0 Å². The number of hydrogen-bond acceptors (Lipinski definition) is 5. The summed E-state index contributed by atoms with van der Waals surface area (Å²) >= 11 is 1.10. The number of amides is 1. The number of hydrogen-bond donors (Lipinski definition) is 1. The maximum atomic E-state index is 13.0. The van der Waals surface area contributed by atoms with Gasteiger partial charge in [-0.2, -0.15) is 4.31 Å². The van der Waals surface area contributed by atoms with Crippen molar-refractivity contribution in [2.45, 2.75) is 10.9 Å². The molecule has 2 aromatic carbocycles. The van der Waals surface area contributed by atoms with Crippen LogP contribution in [0, 0.1) is 0 Å². The number of nitrogens with one attached hydrogen (secondary N) is 1. The van der Waals surface area contributed by atoms with E-state index in [0.29, 0.717) is 15.8 Å². The van der Waals surface area contributed by atoms with Crippen molar-refractivity contribution < 1.29 is 18.0 Å². The average Bonchev–Trinajstić information content (AvgIpc) is 3.02. The maximum absolute atomic E-state index is 13.0. The Bertz CT molecular complexity index is 1140. The minimum atomic E-state index is -3.96. The van der Waals surface area contributed by atoms with Gasteiger partial charge in [0.05, 0.1) is 4.88 Å². The van der Waals surface area contributed by atoms with Crippen molar-refractivity contribution in [1.29, 1.82) is 0 Å². The van der Waals surface area contributed by atoms with Gasteiger partial charge in [-0.1, -0.05) is 36.4 Å². The lowest BCUT2D eigenvalue weighted by Crippen LogP contribution is -2.52. The Morgan fingerprint density at radius 2 is 1.73 bits per heavy atom. The number of carbonyl (C=O) groups excluding carboxylic acids is 2. The Kier molecular flexibility index (Phi) is 3.91. The number of thiophene rings is 1. The highest BCUT2D eigenvalue weighted by atomic mass is 32.2. The number of nitrogens with zero attached hydrogens (tertiary/aromatic N) is 1. The fraction of sp³-hybridized carbons (Fsp3) is 0.111. The monoisotopic (exact) mass is 386 g/mol. The Morgan fingerprint density at radius 1 is 1.08 bits per heavy atom. The summed E-state index contributed by atoms with van der Waals surface area (Å²) in [5.74, 6) is -1.18. The van der Waals surface area contributed by atoms with Crippen molar-refractivity contribution >= 4 is 48.8 Å². The number of anilines is 1. The predicted octanol–water partition coefficient (Wildman–Crippen LogP) is 2.73. The molecule has 1 aliphatic heterocycles.